The van der Waals surface area contributed by atoms with E-state index < -0.39 is 36.0 Å². The van der Waals surface area contributed by atoms with Gasteiger partial charge in [-0.1, -0.05) is 66.7 Å². The van der Waals surface area contributed by atoms with Crippen molar-refractivity contribution in [3.63, 3.8) is 0 Å². The largest absolute Gasteiger partial charge is 0.480 e. The summed E-state index contributed by atoms with van der Waals surface area (Å²) in [6.07, 6.45) is -0.00451. The zero-order valence-electron chi connectivity index (χ0n) is 18.7. The summed E-state index contributed by atoms with van der Waals surface area (Å²) in [5, 5.41) is 26.7. The normalized spacial score (nSPS) is 13.5. The molecule has 1 aromatic heterocycles. The highest BCUT2D eigenvalue weighted by Crippen LogP contribution is 2.21. The first-order valence-electron chi connectivity index (χ1n) is 11.1. The van der Waals surface area contributed by atoms with E-state index in [-0.39, 0.29) is 6.42 Å². The summed E-state index contributed by atoms with van der Waals surface area (Å²) in [6.45, 7) is 0. The molecule has 0 saturated carbocycles. The van der Waals surface area contributed by atoms with E-state index in [2.05, 4.69) is 15.6 Å². The molecule has 0 aliphatic heterocycles. The molecule has 178 valence electrons. The van der Waals surface area contributed by atoms with Crippen molar-refractivity contribution in [1.82, 2.24) is 15.6 Å². The number of aliphatic hydroxyl groups is 1. The van der Waals surface area contributed by atoms with Crippen molar-refractivity contribution in [2.45, 2.75) is 24.6 Å². The minimum Gasteiger partial charge on any atom is -0.480 e. The van der Waals surface area contributed by atoms with Gasteiger partial charge < -0.3 is 25.8 Å². The fourth-order valence-corrected chi connectivity index (χ4v) is 3.95. The summed E-state index contributed by atoms with van der Waals surface area (Å²) < 4.78 is 0. The van der Waals surface area contributed by atoms with Crippen LogP contribution in [0.4, 0.5) is 0 Å². The molecule has 0 unspecified atom stereocenters. The van der Waals surface area contributed by atoms with Crippen LogP contribution in [0.15, 0.2) is 91.1 Å². The van der Waals surface area contributed by atoms with E-state index in [9.17, 15) is 24.6 Å². The number of aromatic amines is 1. The van der Waals surface area contributed by atoms with Crippen LogP contribution in [0.2, 0.25) is 0 Å². The van der Waals surface area contributed by atoms with Crippen LogP contribution in [0.1, 0.15) is 27.5 Å². The topological polar surface area (TPSA) is 132 Å². The molecule has 3 aromatic carbocycles. The maximum absolute atomic E-state index is 13.0. The van der Waals surface area contributed by atoms with Crippen molar-refractivity contribution in [2.75, 3.05) is 0 Å². The monoisotopic (exact) mass is 471 g/mol. The molecule has 0 radical (unpaired) electrons. The van der Waals surface area contributed by atoms with Gasteiger partial charge in [0.2, 0.25) is 0 Å². The number of carbonyl (C=O) groups is 3. The SMILES string of the molecule is O=C(N[C@@H](c1ccccc1)[C@@H](O)C(=O)N[C@H](Cc1c[nH]c2ccccc12)C(=O)O)c1ccccc1. The summed E-state index contributed by atoms with van der Waals surface area (Å²) in [5.41, 5.74) is 2.44. The van der Waals surface area contributed by atoms with Crippen LogP contribution in [0.25, 0.3) is 10.9 Å². The third-order valence-corrected chi connectivity index (χ3v) is 5.78. The van der Waals surface area contributed by atoms with Gasteiger partial charge >= 0.3 is 5.97 Å². The highest BCUT2D eigenvalue weighted by Gasteiger charge is 2.32. The number of nitrogens with one attached hydrogen (secondary N) is 3. The lowest BCUT2D eigenvalue weighted by Crippen LogP contribution is -2.50. The Balaban J connectivity index is 1.53. The third-order valence-electron chi connectivity index (χ3n) is 5.78. The van der Waals surface area contributed by atoms with Crippen LogP contribution in [-0.2, 0) is 16.0 Å². The van der Waals surface area contributed by atoms with Crippen molar-refractivity contribution >= 4 is 28.7 Å². The van der Waals surface area contributed by atoms with Crippen molar-refractivity contribution in [3.8, 4) is 0 Å². The third kappa shape index (κ3) is 5.56. The molecule has 0 aliphatic rings. The average Bonchev–Trinajstić information content (AvgIpc) is 3.30. The van der Waals surface area contributed by atoms with Crippen molar-refractivity contribution in [1.29, 1.82) is 0 Å². The maximum atomic E-state index is 13.0. The second-order valence-electron chi connectivity index (χ2n) is 8.14. The Morgan fingerprint density at radius 1 is 0.829 bits per heavy atom. The van der Waals surface area contributed by atoms with Crippen LogP contribution in [0.3, 0.4) is 0 Å². The van der Waals surface area contributed by atoms with E-state index in [0.717, 1.165) is 16.5 Å². The smallest absolute Gasteiger partial charge is 0.326 e. The molecule has 4 rings (SSSR count). The number of carbonyl (C=O) groups excluding carboxylic acids is 2. The molecule has 8 heteroatoms. The number of benzene rings is 3. The van der Waals surface area contributed by atoms with Gasteiger partial charge in [-0.25, -0.2) is 4.79 Å². The standard InChI is InChI=1S/C27H25N3O5/c31-24(23(17-9-3-1-4-10-17)30-25(32)18-11-5-2-6-12-18)26(33)29-22(27(34)35)15-19-16-28-21-14-8-7-13-20(19)21/h1-14,16,22-24,28,31H,15H2,(H,29,33)(H,30,32)(H,34,35)/t22-,23+,24-/m1/s1. The van der Waals surface area contributed by atoms with E-state index >= 15 is 0 Å². The summed E-state index contributed by atoms with van der Waals surface area (Å²) in [5.74, 6) is -2.61. The van der Waals surface area contributed by atoms with E-state index in [4.69, 9.17) is 0 Å². The predicted octanol–water partition coefficient (Wildman–Crippen LogP) is 2.81. The molecule has 0 bridgehead atoms. The van der Waals surface area contributed by atoms with E-state index in [1.807, 2.05) is 24.3 Å². The van der Waals surface area contributed by atoms with Crippen LogP contribution in [-0.4, -0.2) is 45.1 Å². The number of para-hydroxylation sites is 1. The lowest BCUT2D eigenvalue weighted by atomic mass is 9.99. The number of hydrogen-bond donors (Lipinski definition) is 5. The molecule has 0 fully saturated rings. The minimum absolute atomic E-state index is 0.0180. The molecule has 35 heavy (non-hydrogen) atoms. The fraction of sp³-hybridized carbons (Fsp3) is 0.148. The number of H-pyrrole nitrogens is 1. The van der Waals surface area contributed by atoms with Crippen LogP contribution in [0.5, 0.6) is 0 Å². The van der Waals surface area contributed by atoms with Gasteiger partial charge in [0.1, 0.15) is 6.04 Å². The second kappa shape index (κ2) is 10.7. The molecule has 8 nitrogen and oxygen atoms in total. The number of aliphatic carboxylic acids is 1. The summed E-state index contributed by atoms with van der Waals surface area (Å²) in [4.78, 5) is 40.8. The highest BCUT2D eigenvalue weighted by molar-refractivity contribution is 5.95. The van der Waals surface area contributed by atoms with Gasteiger partial charge in [-0.15, -0.1) is 0 Å². The number of amides is 2. The zero-order valence-corrected chi connectivity index (χ0v) is 18.7. The summed E-state index contributed by atoms with van der Waals surface area (Å²) in [6, 6.07) is 22.0. The fourth-order valence-electron chi connectivity index (χ4n) is 3.95. The Bertz CT molecular complexity index is 1320. The molecule has 2 amide bonds. The Hall–Kier alpha value is -4.43. The highest BCUT2D eigenvalue weighted by atomic mass is 16.4. The first kappa shape index (κ1) is 23.7. The van der Waals surface area contributed by atoms with Gasteiger partial charge in [-0.05, 0) is 29.3 Å². The Morgan fingerprint density at radius 2 is 1.46 bits per heavy atom. The second-order valence-corrected chi connectivity index (χ2v) is 8.14. The molecule has 4 aromatic rings. The van der Waals surface area contributed by atoms with E-state index in [1.54, 1.807) is 66.9 Å². The number of carboxylic acids is 1. The quantitative estimate of drug-likeness (QED) is 0.256. The molecular formula is C27H25N3O5. The predicted molar refractivity (Wildman–Crippen MR) is 131 cm³/mol. The van der Waals surface area contributed by atoms with E-state index in [1.165, 1.54) is 0 Å². The van der Waals surface area contributed by atoms with Gasteiger partial charge in [0, 0.05) is 29.1 Å². The lowest BCUT2D eigenvalue weighted by molar-refractivity contribution is -0.143. The number of fused-ring (bicyclic) bond motifs is 1. The molecule has 0 saturated heterocycles. The zero-order chi connectivity index (χ0) is 24.8. The van der Waals surface area contributed by atoms with Crippen molar-refractivity contribution in [3.05, 3.63) is 108 Å². The maximum Gasteiger partial charge on any atom is 0.326 e. The molecular weight excluding hydrogens is 446 g/mol. The molecule has 0 spiro atoms. The molecule has 1 heterocycles. The van der Waals surface area contributed by atoms with E-state index in [0.29, 0.717) is 11.1 Å². The summed E-state index contributed by atoms with van der Waals surface area (Å²) >= 11 is 0. The molecule has 3 atom stereocenters. The van der Waals surface area contributed by atoms with Gasteiger partial charge in [0.15, 0.2) is 6.10 Å². The van der Waals surface area contributed by atoms with Gasteiger partial charge in [-0.2, -0.15) is 0 Å². The van der Waals surface area contributed by atoms with Gasteiger partial charge in [0.25, 0.3) is 11.8 Å². The summed E-state index contributed by atoms with van der Waals surface area (Å²) in [7, 11) is 0. The Kier molecular flexibility index (Phi) is 7.23. The average molecular weight is 472 g/mol. The minimum atomic E-state index is -1.73. The van der Waals surface area contributed by atoms with Gasteiger partial charge in [0.05, 0.1) is 6.04 Å². The van der Waals surface area contributed by atoms with Crippen LogP contribution >= 0.6 is 0 Å². The number of rotatable bonds is 9. The van der Waals surface area contributed by atoms with Crippen LogP contribution < -0.4 is 10.6 Å². The van der Waals surface area contributed by atoms with Crippen molar-refractivity contribution < 1.29 is 24.6 Å². The Morgan fingerprint density at radius 3 is 2.14 bits per heavy atom. The van der Waals surface area contributed by atoms with Crippen molar-refractivity contribution in [2.24, 2.45) is 0 Å². The molecule has 5 N–H and O–H groups in total. The lowest BCUT2D eigenvalue weighted by Gasteiger charge is -2.25. The van der Waals surface area contributed by atoms with Gasteiger partial charge in [-0.3, -0.25) is 9.59 Å². The van der Waals surface area contributed by atoms with Crippen LogP contribution in [0, 0.1) is 0 Å². The first-order chi connectivity index (χ1) is 16.9. The number of carboxylic acid groups (broad SMARTS) is 1. The number of aromatic nitrogens is 1. The first-order valence-corrected chi connectivity index (χ1v) is 11.1. The Labute approximate surface area is 201 Å². The number of hydrogen-bond acceptors (Lipinski definition) is 4. The number of aliphatic hydroxyl groups excluding tert-OH is 1. The molecule has 0 aliphatic carbocycles.